The quantitative estimate of drug-likeness (QED) is 0.754. The number of halogens is 3. The molecule has 1 atom stereocenters. The molecule has 0 spiro atoms. The average molecular weight is 362 g/mol. The largest absolute Gasteiger partial charge is 0.416 e. The highest BCUT2D eigenvalue weighted by atomic mass is 19.4. The van der Waals surface area contributed by atoms with E-state index < -0.39 is 23.6 Å². The van der Waals surface area contributed by atoms with Gasteiger partial charge in [0, 0.05) is 1.43 Å². The van der Waals surface area contributed by atoms with Gasteiger partial charge < -0.3 is 5.32 Å². The maximum atomic E-state index is 13.1. The Morgan fingerprint density at radius 2 is 1.92 bits per heavy atom. The minimum absolute atomic E-state index is 0. The Hall–Kier alpha value is -3.16. The van der Waals surface area contributed by atoms with Crippen LogP contribution >= 0.6 is 0 Å². The van der Waals surface area contributed by atoms with Crippen molar-refractivity contribution in [3.05, 3.63) is 72.3 Å². The first kappa shape index (κ1) is 17.7. The minimum atomic E-state index is -4.52. The summed E-state index contributed by atoms with van der Waals surface area (Å²) in [7, 11) is 0. The molecule has 3 rings (SSSR count). The molecule has 0 saturated heterocycles. The Labute approximate surface area is 149 Å². The van der Waals surface area contributed by atoms with E-state index in [-0.39, 0.29) is 7.11 Å². The highest BCUT2D eigenvalue weighted by molar-refractivity contribution is 5.97. The van der Waals surface area contributed by atoms with Gasteiger partial charge in [0.1, 0.15) is 12.7 Å². The third-order valence-corrected chi connectivity index (χ3v) is 3.94. The van der Waals surface area contributed by atoms with E-state index in [1.807, 2.05) is 6.07 Å². The van der Waals surface area contributed by atoms with Crippen molar-refractivity contribution in [3.8, 4) is 5.69 Å². The molecule has 1 N–H and O–H groups in total. The summed E-state index contributed by atoms with van der Waals surface area (Å²) >= 11 is 0. The van der Waals surface area contributed by atoms with E-state index in [2.05, 4.69) is 15.4 Å². The van der Waals surface area contributed by atoms with Crippen LogP contribution in [0.1, 0.15) is 25.4 Å². The van der Waals surface area contributed by atoms with Crippen LogP contribution in [0.15, 0.2) is 61.2 Å². The number of carbonyl (C=O) groups excluding carboxylic acids is 1. The van der Waals surface area contributed by atoms with Gasteiger partial charge in [-0.2, -0.15) is 18.3 Å². The number of benzene rings is 2. The summed E-state index contributed by atoms with van der Waals surface area (Å²) in [6, 6.07) is 12.1. The minimum Gasteiger partial charge on any atom is -0.324 e. The van der Waals surface area contributed by atoms with E-state index in [4.69, 9.17) is 0 Å². The number of rotatable bonds is 4. The second-order valence-corrected chi connectivity index (χ2v) is 5.69. The zero-order valence-electron chi connectivity index (χ0n) is 13.7. The molecule has 2 aromatic carbocycles. The van der Waals surface area contributed by atoms with Crippen molar-refractivity contribution >= 4 is 11.6 Å². The predicted octanol–water partition coefficient (Wildman–Crippen LogP) is 4.27. The summed E-state index contributed by atoms with van der Waals surface area (Å²) < 4.78 is 40.5. The van der Waals surface area contributed by atoms with E-state index in [9.17, 15) is 18.0 Å². The third kappa shape index (κ3) is 3.74. The number of aromatic nitrogens is 3. The van der Waals surface area contributed by atoms with Crippen LogP contribution in [0.4, 0.5) is 18.9 Å². The second kappa shape index (κ2) is 6.99. The number of anilines is 1. The molecule has 0 aliphatic carbocycles. The van der Waals surface area contributed by atoms with E-state index in [0.29, 0.717) is 5.69 Å². The van der Waals surface area contributed by atoms with Gasteiger partial charge in [-0.3, -0.25) is 4.79 Å². The van der Waals surface area contributed by atoms with Crippen LogP contribution in [-0.4, -0.2) is 20.7 Å². The number of carbonyl (C=O) groups is 1. The SMILES string of the molecule is CC(C(=O)Nc1cc(C(F)(F)F)ccc1-n1cncn1)c1ccccc1.[HH]. The first-order chi connectivity index (χ1) is 12.4. The molecule has 8 heteroatoms. The zero-order chi connectivity index (χ0) is 18.7. The van der Waals surface area contributed by atoms with Crippen molar-refractivity contribution in [2.45, 2.75) is 19.0 Å². The maximum absolute atomic E-state index is 13.1. The first-order valence-electron chi connectivity index (χ1n) is 7.78. The Morgan fingerprint density at radius 1 is 1.19 bits per heavy atom. The van der Waals surface area contributed by atoms with E-state index in [0.717, 1.165) is 17.7 Å². The Bertz CT molecular complexity index is 899. The lowest BCUT2D eigenvalue weighted by Gasteiger charge is -2.17. The van der Waals surface area contributed by atoms with Gasteiger partial charge in [-0.15, -0.1) is 0 Å². The fourth-order valence-electron chi connectivity index (χ4n) is 2.48. The second-order valence-electron chi connectivity index (χ2n) is 5.69. The van der Waals surface area contributed by atoms with Gasteiger partial charge in [-0.05, 0) is 30.7 Å². The predicted molar refractivity (Wildman–Crippen MR) is 92.0 cm³/mol. The van der Waals surface area contributed by atoms with Gasteiger partial charge in [-0.25, -0.2) is 9.67 Å². The van der Waals surface area contributed by atoms with Crippen molar-refractivity contribution in [2.24, 2.45) is 0 Å². The normalized spacial score (nSPS) is 12.6. The molecule has 26 heavy (non-hydrogen) atoms. The first-order valence-corrected chi connectivity index (χ1v) is 7.78. The Balaban J connectivity index is 0.00000261. The highest BCUT2D eigenvalue weighted by Gasteiger charge is 2.31. The van der Waals surface area contributed by atoms with Crippen molar-refractivity contribution in [3.63, 3.8) is 0 Å². The van der Waals surface area contributed by atoms with Crippen molar-refractivity contribution in [1.29, 1.82) is 0 Å². The molecule has 0 aliphatic heterocycles. The molecule has 1 aromatic heterocycles. The molecule has 1 unspecified atom stereocenters. The standard InChI is InChI=1S/C18H15F3N4O.H2/c1-12(13-5-3-2-4-6-13)17(26)24-15-9-14(18(19,20)21)7-8-16(15)25-11-22-10-23-25;/h2-12H,1H3,(H,24,26);1H. The Morgan fingerprint density at radius 3 is 2.54 bits per heavy atom. The number of alkyl halides is 3. The molecule has 0 saturated carbocycles. The van der Waals surface area contributed by atoms with Gasteiger partial charge in [0.25, 0.3) is 0 Å². The maximum Gasteiger partial charge on any atom is 0.416 e. The smallest absolute Gasteiger partial charge is 0.324 e. The number of nitrogens with zero attached hydrogens (tertiary/aromatic N) is 3. The summed E-state index contributed by atoms with van der Waals surface area (Å²) in [4.78, 5) is 16.3. The van der Waals surface area contributed by atoms with Crippen LogP contribution in [0.3, 0.4) is 0 Å². The number of hydrogen-bond donors (Lipinski definition) is 1. The number of nitrogens with one attached hydrogen (secondary N) is 1. The monoisotopic (exact) mass is 362 g/mol. The third-order valence-electron chi connectivity index (χ3n) is 3.94. The average Bonchev–Trinajstić information content (AvgIpc) is 3.15. The summed E-state index contributed by atoms with van der Waals surface area (Å²) in [5.74, 6) is -0.953. The van der Waals surface area contributed by atoms with Crippen LogP contribution in [-0.2, 0) is 11.0 Å². The van der Waals surface area contributed by atoms with Gasteiger partial charge in [0.05, 0.1) is 22.9 Å². The van der Waals surface area contributed by atoms with Gasteiger partial charge >= 0.3 is 6.18 Å². The fourth-order valence-corrected chi connectivity index (χ4v) is 2.48. The topological polar surface area (TPSA) is 59.8 Å². The van der Waals surface area contributed by atoms with Crippen LogP contribution in [0, 0.1) is 0 Å². The summed E-state index contributed by atoms with van der Waals surface area (Å²) in [6.07, 6.45) is -1.92. The van der Waals surface area contributed by atoms with Crippen molar-refractivity contribution in [1.82, 2.24) is 14.8 Å². The molecule has 1 heterocycles. The molecule has 1 amide bonds. The van der Waals surface area contributed by atoms with Crippen molar-refractivity contribution in [2.75, 3.05) is 5.32 Å². The van der Waals surface area contributed by atoms with Crippen LogP contribution < -0.4 is 5.32 Å². The Kier molecular flexibility index (Phi) is 4.75. The highest BCUT2D eigenvalue weighted by Crippen LogP contribution is 2.33. The van der Waals surface area contributed by atoms with Crippen LogP contribution in [0.25, 0.3) is 5.69 Å². The summed E-state index contributed by atoms with van der Waals surface area (Å²) in [5, 5.41) is 6.50. The van der Waals surface area contributed by atoms with Crippen LogP contribution in [0.5, 0.6) is 0 Å². The molecule has 5 nitrogen and oxygen atoms in total. The molecule has 0 radical (unpaired) electrons. The van der Waals surface area contributed by atoms with Gasteiger partial charge in [-0.1, -0.05) is 30.3 Å². The van der Waals surface area contributed by atoms with Gasteiger partial charge in [0.2, 0.25) is 5.91 Å². The van der Waals surface area contributed by atoms with E-state index in [1.165, 1.54) is 23.4 Å². The van der Waals surface area contributed by atoms with Crippen molar-refractivity contribution < 1.29 is 19.4 Å². The summed E-state index contributed by atoms with van der Waals surface area (Å²) in [5.41, 5.74) is 0.213. The van der Waals surface area contributed by atoms with Gasteiger partial charge in [0.15, 0.2) is 0 Å². The number of amides is 1. The zero-order valence-corrected chi connectivity index (χ0v) is 13.7. The van der Waals surface area contributed by atoms with E-state index >= 15 is 0 Å². The lowest BCUT2D eigenvalue weighted by atomic mass is 10.0. The molecule has 0 fully saturated rings. The fraction of sp³-hybridized carbons (Fsp3) is 0.167. The molecule has 136 valence electrons. The number of hydrogen-bond acceptors (Lipinski definition) is 3. The lowest BCUT2D eigenvalue weighted by Crippen LogP contribution is -2.20. The molecular weight excluding hydrogens is 345 g/mol. The molecule has 3 aromatic rings. The van der Waals surface area contributed by atoms with E-state index in [1.54, 1.807) is 31.2 Å². The lowest BCUT2D eigenvalue weighted by molar-refractivity contribution is -0.137. The molecule has 0 bridgehead atoms. The summed E-state index contributed by atoms with van der Waals surface area (Å²) in [6.45, 7) is 1.69. The van der Waals surface area contributed by atoms with Crippen LogP contribution in [0.2, 0.25) is 0 Å². The molecule has 0 aliphatic rings. The molecular formula is C18H17F3N4O.